The van der Waals surface area contributed by atoms with Crippen molar-refractivity contribution in [1.29, 1.82) is 0 Å². The number of amides is 1. The number of carbonyl (C=O) groups is 2. The van der Waals surface area contributed by atoms with Gasteiger partial charge in [-0.25, -0.2) is 9.79 Å². The number of allylic oxidation sites excluding steroid dienone is 1. The van der Waals surface area contributed by atoms with Crippen LogP contribution in [0.4, 0.5) is 5.69 Å². The van der Waals surface area contributed by atoms with Crippen LogP contribution in [-0.4, -0.2) is 35.2 Å². The third-order valence-electron chi connectivity index (χ3n) is 5.00. The number of hydrogen-bond acceptors (Lipinski definition) is 7. The SMILES string of the molecule is CCOC(=O)C1=C(C)N=C2SC=CN2C1c1ccc(OCC(=O)Nc2ccccc2)c(Cl)c1. The third-order valence-corrected chi connectivity index (χ3v) is 6.07. The highest BCUT2D eigenvalue weighted by Gasteiger charge is 2.37. The summed E-state index contributed by atoms with van der Waals surface area (Å²) in [6.07, 6.45) is 1.88. The Morgan fingerprint density at radius 1 is 1.21 bits per heavy atom. The van der Waals surface area contributed by atoms with Gasteiger partial charge in [0.25, 0.3) is 5.91 Å². The van der Waals surface area contributed by atoms with Crippen LogP contribution in [-0.2, 0) is 14.3 Å². The number of esters is 1. The third kappa shape index (κ3) is 5.07. The highest BCUT2D eigenvalue weighted by Crippen LogP contribution is 2.42. The Kier molecular flexibility index (Phi) is 7.05. The van der Waals surface area contributed by atoms with E-state index in [9.17, 15) is 9.59 Å². The second-order valence-corrected chi connectivity index (χ2v) is 8.50. The molecule has 1 N–H and O–H groups in total. The molecule has 0 saturated heterocycles. The molecule has 0 saturated carbocycles. The summed E-state index contributed by atoms with van der Waals surface area (Å²) >= 11 is 7.98. The fourth-order valence-electron chi connectivity index (χ4n) is 3.56. The molecule has 170 valence electrons. The van der Waals surface area contributed by atoms with Crippen LogP contribution in [0.2, 0.25) is 5.02 Å². The van der Waals surface area contributed by atoms with E-state index in [1.54, 1.807) is 38.1 Å². The number of hydrogen-bond donors (Lipinski definition) is 1. The number of thioether (sulfide) groups is 1. The minimum atomic E-state index is -0.435. The predicted molar refractivity (Wildman–Crippen MR) is 130 cm³/mol. The number of benzene rings is 2. The van der Waals surface area contributed by atoms with Crippen LogP contribution in [0.1, 0.15) is 25.5 Å². The first-order valence-electron chi connectivity index (χ1n) is 10.3. The van der Waals surface area contributed by atoms with Crippen molar-refractivity contribution in [3.05, 3.63) is 82.0 Å². The van der Waals surface area contributed by atoms with Crippen LogP contribution in [0, 0.1) is 0 Å². The molecule has 0 bridgehead atoms. The Hall–Kier alpha value is -3.23. The van der Waals surface area contributed by atoms with Crippen LogP contribution in [0.25, 0.3) is 0 Å². The largest absolute Gasteiger partial charge is 0.482 e. The van der Waals surface area contributed by atoms with E-state index >= 15 is 0 Å². The number of aliphatic imine (C=N–C) groups is 1. The summed E-state index contributed by atoms with van der Waals surface area (Å²) in [4.78, 5) is 31.4. The van der Waals surface area contributed by atoms with E-state index < -0.39 is 12.0 Å². The maximum absolute atomic E-state index is 12.8. The van der Waals surface area contributed by atoms with Gasteiger partial charge in [0, 0.05) is 11.9 Å². The quantitative estimate of drug-likeness (QED) is 0.550. The Morgan fingerprint density at radius 3 is 2.73 bits per heavy atom. The monoisotopic (exact) mass is 483 g/mol. The van der Waals surface area contributed by atoms with Gasteiger partial charge in [-0.3, -0.25) is 4.79 Å². The molecule has 9 heteroatoms. The zero-order chi connectivity index (χ0) is 23.4. The summed E-state index contributed by atoms with van der Waals surface area (Å²) in [5.41, 5.74) is 2.53. The topological polar surface area (TPSA) is 80.2 Å². The first-order chi connectivity index (χ1) is 16.0. The summed E-state index contributed by atoms with van der Waals surface area (Å²) in [6, 6.07) is 14.0. The van der Waals surface area contributed by atoms with E-state index in [4.69, 9.17) is 21.1 Å². The molecule has 2 heterocycles. The van der Waals surface area contributed by atoms with Crippen molar-refractivity contribution in [2.24, 2.45) is 4.99 Å². The van der Waals surface area contributed by atoms with E-state index in [1.165, 1.54) is 11.8 Å². The van der Waals surface area contributed by atoms with Crippen LogP contribution in [0.5, 0.6) is 5.75 Å². The second kappa shape index (κ2) is 10.1. The molecule has 0 spiro atoms. The molecule has 33 heavy (non-hydrogen) atoms. The van der Waals surface area contributed by atoms with Gasteiger partial charge in [-0.15, -0.1) is 0 Å². The molecule has 0 radical (unpaired) electrons. The molecule has 0 fully saturated rings. The minimum absolute atomic E-state index is 0.188. The van der Waals surface area contributed by atoms with E-state index in [2.05, 4.69) is 10.3 Å². The standard InChI is InChI=1S/C24H22ClN3O4S/c1-3-31-23(30)21-15(2)26-24-28(11-12-33-24)22(21)16-9-10-19(18(25)13-16)32-14-20(29)27-17-7-5-4-6-8-17/h4-13,22H,3,14H2,1-2H3,(H,27,29). The molecule has 1 unspecified atom stereocenters. The van der Waals surface area contributed by atoms with Crippen molar-refractivity contribution in [2.45, 2.75) is 19.9 Å². The van der Waals surface area contributed by atoms with Crippen molar-refractivity contribution in [3.63, 3.8) is 0 Å². The molecule has 7 nitrogen and oxygen atoms in total. The van der Waals surface area contributed by atoms with Crippen molar-refractivity contribution in [3.8, 4) is 5.75 Å². The number of para-hydroxylation sites is 1. The van der Waals surface area contributed by atoms with Crippen LogP contribution in [0.15, 0.2) is 76.4 Å². The van der Waals surface area contributed by atoms with E-state index in [0.717, 1.165) is 10.7 Å². The number of amidine groups is 1. The molecule has 2 aliphatic heterocycles. The molecule has 4 rings (SSSR count). The van der Waals surface area contributed by atoms with Gasteiger partial charge in [0.05, 0.1) is 28.9 Å². The van der Waals surface area contributed by atoms with Crippen molar-refractivity contribution < 1.29 is 19.1 Å². The van der Waals surface area contributed by atoms with Gasteiger partial charge in [0.15, 0.2) is 11.8 Å². The maximum Gasteiger partial charge on any atom is 0.338 e. The van der Waals surface area contributed by atoms with E-state index in [-0.39, 0.29) is 19.1 Å². The lowest BCUT2D eigenvalue weighted by Crippen LogP contribution is -2.34. The second-order valence-electron chi connectivity index (χ2n) is 7.22. The van der Waals surface area contributed by atoms with Crippen LogP contribution >= 0.6 is 23.4 Å². The lowest BCUT2D eigenvalue weighted by Gasteiger charge is -2.33. The van der Waals surface area contributed by atoms with Crippen molar-refractivity contribution in [1.82, 2.24) is 4.90 Å². The summed E-state index contributed by atoms with van der Waals surface area (Å²) in [5.74, 6) is -0.336. The van der Waals surface area contributed by atoms with Gasteiger partial charge in [-0.05, 0) is 49.1 Å². The smallest absolute Gasteiger partial charge is 0.338 e. The number of rotatable bonds is 7. The number of nitrogens with one attached hydrogen (secondary N) is 1. The molecule has 0 aromatic heterocycles. The van der Waals surface area contributed by atoms with Gasteiger partial charge in [-0.1, -0.05) is 47.6 Å². The number of nitrogens with zero attached hydrogens (tertiary/aromatic N) is 2. The highest BCUT2D eigenvalue weighted by molar-refractivity contribution is 8.16. The molecule has 2 aromatic carbocycles. The summed E-state index contributed by atoms with van der Waals surface area (Å²) in [6.45, 7) is 3.64. The van der Waals surface area contributed by atoms with Gasteiger partial charge in [-0.2, -0.15) is 0 Å². The molecular weight excluding hydrogens is 462 g/mol. The molecule has 2 aromatic rings. The Balaban J connectivity index is 1.53. The molecule has 1 amide bonds. The lowest BCUT2D eigenvalue weighted by molar-refractivity contribution is -0.139. The molecule has 1 atom stereocenters. The zero-order valence-corrected chi connectivity index (χ0v) is 19.7. The number of anilines is 1. The number of carbonyl (C=O) groups excluding carboxylic acids is 2. The average Bonchev–Trinajstić information content (AvgIpc) is 3.26. The van der Waals surface area contributed by atoms with E-state index in [1.807, 2.05) is 40.8 Å². The van der Waals surface area contributed by atoms with Crippen LogP contribution < -0.4 is 10.1 Å². The first-order valence-corrected chi connectivity index (χ1v) is 11.6. The minimum Gasteiger partial charge on any atom is -0.482 e. The fourth-order valence-corrected chi connectivity index (χ4v) is 4.60. The molecule has 2 aliphatic rings. The Bertz CT molecular complexity index is 1160. The zero-order valence-electron chi connectivity index (χ0n) is 18.1. The summed E-state index contributed by atoms with van der Waals surface area (Å²) < 4.78 is 10.9. The summed E-state index contributed by atoms with van der Waals surface area (Å²) in [5, 5.41) is 5.79. The average molecular weight is 484 g/mol. The first kappa shape index (κ1) is 22.9. The maximum atomic E-state index is 12.8. The van der Waals surface area contributed by atoms with Crippen LogP contribution in [0.3, 0.4) is 0 Å². The Morgan fingerprint density at radius 2 is 2.00 bits per heavy atom. The van der Waals surface area contributed by atoms with Gasteiger partial charge in [0.1, 0.15) is 5.75 Å². The lowest BCUT2D eigenvalue weighted by atomic mass is 9.95. The van der Waals surface area contributed by atoms with Crippen molar-refractivity contribution >= 4 is 46.1 Å². The number of halogens is 1. The number of ether oxygens (including phenoxy) is 2. The van der Waals surface area contributed by atoms with Gasteiger partial charge >= 0.3 is 5.97 Å². The van der Waals surface area contributed by atoms with Gasteiger partial charge in [0.2, 0.25) is 0 Å². The normalized spacial score (nSPS) is 16.9. The highest BCUT2D eigenvalue weighted by atomic mass is 35.5. The molecule has 0 aliphatic carbocycles. The Labute approximate surface area is 201 Å². The van der Waals surface area contributed by atoms with E-state index in [0.29, 0.717) is 27.7 Å². The number of fused-ring (bicyclic) bond motifs is 1. The van der Waals surface area contributed by atoms with Crippen molar-refractivity contribution in [2.75, 3.05) is 18.5 Å². The fraction of sp³-hybridized carbons (Fsp3) is 0.208. The predicted octanol–water partition coefficient (Wildman–Crippen LogP) is 5.13. The summed E-state index contributed by atoms with van der Waals surface area (Å²) in [7, 11) is 0. The molecular formula is C24H22ClN3O4S. The van der Waals surface area contributed by atoms with Gasteiger partial charge < -0.3 is 19.7 Å².